The van der Waals surface area contributed by atoms with Crippen molar-refractivity contribution >= 4 is 5.91 Å². The number of rotatable bonds is 5. The number of carbonyl (C=O) groups is 1. The second-order valence-corrected chi connectivity index (χ2v) is 6.68. The molecule has 0 fully saturated rings. The molecule has 8 nitrogen and oxygen atoms in total. The summed E-state index contributed by atoms with van der Waals surface area (Å²) in [5.41, 5.74) is 4.22. The van der Waals surface area contributed by atoms with Gasteiger partial charge in [-0.2, -0.15) is 0 Å². The predicted molar refractivity (Wildman–Crippen MR) is 97.7 cm³/mol. The smallest absolute Gasteiger partial charge is 0.249 e. The Labute approximate surface area is 157 Å². The summed E-state index contributed by atoms with van der Waals surface area (Å²) in [5, 5.41) is 14.2. The van der Waals surface area contributed by atoms with Crippen molar-refractivity contribution in [3.63, 3.8) is 0 Å². The summed E-state index contributed by atoms with van der Waals surface area (Å²) in [6.07, 6.45) is 5.82. The molecule has 2 heterocycles. The van der Waals surface area contributed by atoms with Gasteiger partial charge >= 0.3 is 0 Å². The molecular weight excluding hydrogens is 342 g/mol. The summed E-state index contributed by atoms with van der Waals surface area (Å²) >= 11 is 0. The Morgan fingerprint density at radius 1 is 1.19 bits per heavy atom. The Hall–Kier alpha value is -3.16. The van der Waals surface area contributed by atoms with Crippen LogP contribution >= 0.6 is 0 Å². The molecule has 138 valence electrons. The largest absolute Gasteiger partial charge is 0.347 e. The van der Waals surface area contributed by atoms with Gasteiger partial charge in [0.05, 0.1) is 6.54 Å². The van der Waals surface area contributed by atoms with Crippen LogP contribution in [0.2, 0.25) is 0 Å². The normalized spacial score (nSPS) is 14.4. The molecule has 0 radical (unpaired) electrons. The van der Waals surface area contributed by atoms with Gasteiger partial charge in [-0.1, -0.05) is 30.3 Å². The Kier molecular flexibility index (Phi) is 4.86. The Bertz CT molecular complexity index is 925. The Morgan fingerprint density at radius 3 is 2.78 bits per heavy atom. The summed E-state index contributed by atoms with van der Waals surface area (Å²) in [4.78, 5) is 22.2. The van der Waals surface area contributed by atoms with Crippen molar-refractivity contribution in [1.29, 1.82) is 0 Å². The number of hydrogen-bond acceptors (Lipinski definition) is 6. The van der Waals surface area contributed by atoms with Crippen molar-refractivity contribution in [2.24, 2.45) is 0 Å². The van der Waals surface area contributed by atoms with Gasteiger partial charge in [0.25, 0.3) is 0 Å². The third-order valence-electron chi connectivity index (χ3n) is 4.85. The highest BCUT2D eigenvalue weighted by Gasteiger charge is 2.24. The van der Waals surface area contributed by atoms with Crippen molar-refractivity contribution in [2.45, 2.75) is 45.2 Å². The van der Waals surface area contributed by atoms with Gasteiger partial charge in [-0.3, -0.25) is 4.79 Å². The molecule has 4 rings (SSSR count). The molecule has 1 amide bonds. The van der Waals surface area contributed by atoms with Gasteiger partial charge in [0.2, 0.25) is 5.91 Å². The van der Waals surface area contributed by atoms with Gasteiger partial charge in [-0.05, 0) is 54.2 Å². The van der Waals surface area contributed by atoms with Crippen molar-refractivity contribution in [2.75, 3.05) is 0 Å². The van der Waals surface area contributed by atoms with E-state index in [9.17, 15) is 4.79 Å². The zero-order valence-corrected chi connectivity index (χ0v) is 15.2. The van der Waals surface area contributed by atoms with Crippen LogP contribution in [0.1, 0.15) is 47.2 Å². The van der Waals surface area contributed by atoms with Gasteiger partial charge in [0.1, 0.15) is 12.2 Å². The van der Waals surface area contributed by atoms with E-state index in [1.54, 1.807) is 0 Å². The molecule has 0 spiro atoms. The zero-order chi connectivity index (χ0) is 18.6. The molecule has 0 saturated heterocycles. The maximum Gasteiger partial charge on any atom is 0.249 e. The van der Waals surface area contributed by atoms with Crippen LogP contribution in [0.25, 0.3) is 0 Å². The molecule has 1 aliphatic rings. The fourth-order valence-electron chi connectivity index (χ4n) is 3.53. The van der Waals surface area contributed by atoms with Crippen molar-refractivity contribution < 1.29 is 4.79 Å². The van der Waals surface area contributed by atoms with E-state index in [-0.39, 0.29) is 12.5 Å². The van der Waals surface area contributed by atoms with E-state index < -0.39 is 6.04 Å². The molecule has 1 atom stereocenters. The number of tetrazole rings is 1. The number of benzene rings is 1. The first-order chi connectivity index (χ1) is 13.2. The second kappa shape index (κ2) is 7.61. The summed E-state index contributed by atoms with van der Waals surface area (Å²) < 4.78 is 1.45. The van der Waals surface area contributed by atoms with Crippen LogP contribution in [0, 0.1) is 6.92 Å². The zero-order valence-electron chi connectivity index (χ0n) is 15.2. The number of nitrogens with zero attached hydrogens (tertiary/aromatic N) is 6. The minimum absolute atomic E-state index is 0.201. The van der Waals surface area contributed by atoms with Crippen LogP contribution in [0.5, 0.6) is 0 Å². The molecule has 0 saturated carbocycles. The fraction of sp³-hybridized carbons (Fsp3) is 0.368. The molecule has 8 heteroatoms. The van der Waals surface area contributed by atoms with Crippen LogP contribution in [-0.2, 0) is 24.2 Å². The molecular formula is C19H21N7O. The number of carbonyl (C=O) groups excluding carboxylic acids is 1. The Balaban J connectivity index is 1.53. The summed E-state index contributed by atoms with van der Waals surface area (Å²) in [7, 11) is 0. The standard InChI is InChI=1S/C19H21N7O/c1-13-15-9-5-6-10-16(15)23-17(22-13)11-20-19(27)18(26-12-21-24-25-26)14-7-3-2-4-8-14/h2-4,7-8,12,18H,5-6,9-11H2,1H3,(H,20,27). The van der Waals surface area contributed by atoms with Crippen LogP contribution < -0.4 is 5.32 Å². The number of nitrogens with one attached hydrogen (secondary N) is 1. The molecule has 1 aromatic carbocycles. The molecule has 0 bridgehead atoms. The average molecular weight is 363 g/mol. The van der Waals surface area contributed by atoms with Crippen molar-refractivity contribution in [3.05, 3.63) is 65.0 Å². The number of aromatic nitrogens is 6. The monoisotopic (exact) mass is 363 g/mol. The van der Waals surface area contributed by atoms with E-state index in [0.717, 1.165) is 36.2 Å². The predicted octanol–water partition coefficient (Wildman–Crippen LogP) is 1.56. The molecule has 3 aromatic rings. The maximum absolute atomic E-state index is 12.9. The maximum atomic E-state index is 12.9. The first-order valence-electron chi connectivity index (χ1n) is 9.13. The highest BCUT2D eigenvalue weighted by Crippen LogP contribution is 2.22. The lowest BCUT2D eigenvalue weighted by atomic mass is 9.95. The van der Waals surface area contributed by atoms with E-state index in [1.165, 1.54) is 23.0 Å². The minimum atomic E-state index is -0.639. The summed E-state index contributed by atoms with van der Waals surface area (Å²) in [6, 6.07) is 8.80. The van der Waals surface area contributed by atoms with E-state index in [1.807, 2.05) is 37.3 Å². The topological polar surface area (TPSA) is 98.5 Å². The fourth-order valence-corrected chi connectivity index (χ4v) is 3.53. The molecule has 0 aliphatic heterocycles. The van der Waals surface area contributed by atoms with Crippen molar-refractivity contribution in [1.82, 2.24) is 35.5 Å². The van der Waals surface area contributed by atoms with Gasteiger partial charge in [0, 0.05) is 11.4 Å². The molecule has 1 N–H and O–H groups in total. The Morgan fingerprint density at radius 2 is 2.00 bits per heavy atom. The SMILES string of the molecule is Cc1nc(CNC(=O)C(c2ccccc2)n2cnnn2)nc2c1CCCC2. The third kappa shape index (κ3) is 3.69. The molecule has 1 unspecified atom stereocenters. The number of hydrogen-bond donors (Lipinski definition) is 1. The van der Waals surface area contributed by atoms with E-state index >= 15 is 0 Å². The quantitative estimate of drug-likeness (QED) is 0.739. The summed E-state index contributed by atoms with van der Waals surface area (Å²) in [5.74, 6) is 0.442. The minimum Gasteiger partial charge on any atom is -0.347 e. The van der Waals surface area contributed by atoms with E-state index in [0.29, 0.717) is 5.82 Å². The number of amides is 1. The molecule has 27 heavy (non-hydrogen) atoms. The van der Waals surface area contributed by atoms with Crippen LogP contribution in [0.15, 0.2) is 36.7 Å². The van der Waals surface area contributed by atoms with E-state index in [4.69, 9.17) is 0 Å². The van der Waals surface area contributed by atoms with Gasteiger partial charge in [0.15, 0.2) is 6.04 Å². The third-order valence-corrected chi connectivity index (χ3v) is 4.85. The lowest BCUT2D eigenvalue weighted by Gasteiger charge is -2.19. The number of aryl methyl sites for hydroxylation is 2. The second-order valence-electron chi connectivity index (χ2n) is 6.68. The first-order valence-corrected chi connectivity index (χ1v) is 9.13. The number of fused-ring (bicyclic) bond motifs is 1. The average Bonchev–Trinajstić information content (AvgIpc) is 3.22. The highest BCUT2D eigenvalue weighted by molar-refractivity contribution is 5.83. The molecule has 1 aliphatic carbocycles. The van der Waals surface area contributed by atoms with Gasteiger partial charge in [-0.25, -0.2) is 14.6 Å². The van der Waals surface area contributed by atoms with Crippen LogP contribution in [0.4, 0.5) is 0 Å². The summed E-state index contributed by atoms with van der Waals surface area (Å²) in [6.45, 7) is 2.30. The van der Waals surface area contributed by atoms with Crippen LogP contribution in [-0.4, -0.2) is 36.1 Å². The van der Waals surface area contributed by atoms with E-state index in [2.05, 4.69) is 30.8 Å². The van der Waals surface area contributed by atoms with Crippen molar-refractivity contribution in [3.8, 4) is 0 Å². The van der Waals surface area contributed by atoms with Gasteiger partial charge in [-0.15, -0.1) is 5.10 Å². The lowest BCUT2D eigenvalue weighted by molar-refractivity contribution is -0.123. The van der Waals surface area contributed by atoms with Gasteiger partial charge < -0.3 is 5.32 Å². The lowest BCUT2D eigenvalue weighted by Crippen LogP contribution is -2.34. The first kappa shape index (κ1) is 17.3. The highest BCUT2D eigenvalue weighted by atomic mass is 16.2. The van der Waals surface area contributed by atoms with Crippen LogP contribution in [0.3, 0.4) is 0 Å². The molecule has 2 aromatic heterocycles.